The lowest BCUT2D eigenvalue weighted by atomic mass is 10.3. The van der Waals surface area contributed by atoms with Crippen molar-refractivity contribution in [1.29, 1.82) is 0 Å². The first-order valence-electron chi connectivity index (χ1n) is 6.08. The maximum absolute atomic E-state index is 13.7. The van der Waals surface area contributed by atoms with E-state index in [1.807, 2.05) is 0 Å². The smallest absolute Gasteiger partial charge is 0.211 e. The molecule has 0 amide bonds. The van der Waals surface area contributed by atoms with Crippen LogP contribution in [0.3, 0.4) is 0 Å². The van der Waals surface area contributed by atoms with E-state index in [-0.39, 0.29) is 11.6 Å². The van der Waals surface area contributed by atoms with Crippen LogP contribution in [-0.4, -0.2) is 13.1 Å². The summed E-state index contributed by atoms with van der Waals surface area (Å²) in [6, 6.07) is 8.83. The normalized spacial score (nSPS) is 13.0. The second-order valence-corrected chi connectivity index (χ2v) is 5.04. The Labute approximate surface area is 124 Å². The molecule has 21 heavy (non-hydrogen) atoms. The number of nitrogens with zero attached hydrogens (tertiary/aromatic N) is 1. The highest BCUT2D eigenvalue weighted by Gasteiger charge is 2.20. The highest BCUT2D eigenvalue weighted by molar-refractivity contribution is 7.98. The van der Waals surface area contributed by atoms with Crippen molar-refractivity contribution >= 4 is 29.3 Å². The number of methoxy groups -OCH3 is 1. The standard InChI is InChI=1S/C14H11F2N3OS/c1-20-11-6-5-10(16)13-12(11)18-14(19-21-13)17-9-4-2-3-8(15)7-9/h2-7H,1H3,(H2,17,18,19). The van der Waals surface area contributed by atoms with E-state index in [0.29, 0.717) is 28.0 Å². The minimum absolute atomic E-state index is 0.354. The van der Waals surface area contributed by atoms with Crippen molar-refractivity contribution in [2.75, 3.05) is 12.4 Å². The summed E-state index contributed by atoms with van der Waals surface area (Å²) in [5, 5.41) is 2.93. The molecule has 0 saturated carbocycles. The number of ether oxygens (including phenoxy) is 1. The number of anilines is 1. The number of hydrogen-bond donors (Lipinski definition) is 2. The predicted octanol–water partition coefficient (Wildman–Crippen LogP) is 3.68. The van der Waals surface area contributed by atoms with Crippen LogP contribution in [0.2, 0.25) is 0 Å². The van der Waals surface area contributed by atoms with E-state index in [2.05, 4.69) is 15.0 Å². The van der Waals surface area contributed by atoms with Crippen molar-refractivity contribution in [3.8, 4) is 5.75 Å². The fourth-order valence-corrected chi connectivity index (χ4v) is 2.59. The van der Waals surface area contributed by atoms with Gasteiger partial charge in [-0.15, -0.1) is 0 Å². The zero-order valence-electron chi connectivity index (χ0n) is 11.0. The summed E-state index contributed by atoms with van der Waals surface area (Å²) in [6.45, 7) is 0. The van der Waals surface area contributed by atoms with Gasteiger partial charge in [-0.25, -0.2) is 13.8 Å². The molecule has 0 atom stereocenters. The van der Waals surface area contributed by atoms with Gasteiger partial charge in [0.15, 0.2) is 0 Å². The number of guanidine groups is 1. The second kappa shape index (κ2) is 5.61. The van der Waals surface area contributed by atoms with Crippen LogP contribution in [0.1, 0.15) is 0 Å². The van der Waals surface area contributed by atoms with Crippen molar-refractivity contribution in [2.24, 2.45) is 4.99 Å². The van der Waals surface area contributed by atoms with Crippen molar-refractivity contribution in [2.45, 2.75) is 4.90 Å². The second-order valence-electron chi connectivity index (χ2n) is 4.23. The van der Waals surface area contributed by atoms with E-state index >= 15 is 0 Å². The molecule has 0 radical (unpaired) electrons. The number of hydrogen-bond acceptors (Lipinski definition) is 5. The summed E-state index contributed by atoms with van der Waals surface area (Å²) in [5.41, 5.74) is 0.945. The van der Waals surface area contributed by atoms with E-state index in [1.54, 1.807) is 12.1 Å². The lowest BCUT2D eigenvalue weighted by Crippen LogP contribution is -2.27. The summed E-state index contributed by atoms with van der Waals surface area (Å²) in [6.07, 6.45) is 0. The van der Waals surface area contributed by atoms with Crippen molar-refractivity contribution in [3.63, 3.8) is 0 Å². The molecule has 1 aliphatic rings. The lowest BCUT2D eigenvalue weighted by molar-refractivity contribution is 0.413. The fourth-order valence-electron chi connectivity index (χ4n) is 1.89. The summed E-state index contributed by atoms with van der Waals surface area (Å²) in [5.74, 6) is 0.117. The van der Waals surface area contributed by atoms with E-state index in [0.717, 1.165) is 11.9 Å². The van der Waals surface area contributed by atoms with Crippen LogP contribution in [0, 0.1) is 11.6 Å². The molecule has 2 aromatic carbocycles. The van der Waals surface area contributed by atoms with E-state index in [9.17, 15) is 8.78 Å². The van der Waals surface area contributed by atoms with Crippen molar-refractivity contribution in [3.05, 3.63) is 48.0 Å². The Kier molecular flexibility index (Phi) is 3.66. The SMILES string of the molecule is COc1ccc(F)c2c1N=C(Nc1cccc(F)c1)NS2. The molecular formula is C14H11F2N3OS. The van der Waals surface area contributed by atoms with Gasteiger partial charge < -0.3 is 10.1 Å². The number of aliphatic imine (C=N–C) groups is 1. The summed E-state index contributed by atoms with van der Waals surface area (Å²) < 4.78 is 35.0. The Bertz CT molecular complexity index is 721. The summed E-state index contributed by atoms with van der Waals surface area (Å²) in [7, 11) is 1.50. The van der Waals surface area contributed by atoms with Gasteiger partial charge in [-0.05, 0) is 42.3 Å². The highest BCUT2D eigenvalue weighted by Crippen LogP contribution is 2.40. The molecule has 0 aromatic heterocycles. The highest BCUT2D eigenvalue weighted by atomic mass is 32.2. The summed E-state index contributed by atoms with van der Waals surface area (Å²) in [4.78, 5) is 4.65. The number of halogens is 2. The molecule has 0 fully saturated rings. The van der Waals surface area contributed by atoms with Crippen molar-refractivity contribution < 1.29 is 13.5 Å². The molecule has 2 aromatic rings. The molecule has 0 bridgehead atoms. The van der Waals surface area contributed by atoms with E-state index in [4.69, 9.17) is 4.74 Å². The molecular weight excluding hydrogens is 296 g/mol. The first-order chi connectivity index (χ1) is 10.2. The van der Waals surface area contributed by atoms with Gasteiger partial charge in [0.25, 0.3) is 0 Å². The van der Waals surface area contributed by atoms with Crippen molar-refractivity contribution in [1.82, 2.24) is 4.72 Å². The topological polar surface area (TPSA) is 45.6 Å². The van der Waals surface area contributed by atoms with Crippen LogP contribution in [0.4, 0.5) is 20.2 Å². The lowest BCUT2D eigenvalue weighted by Gasteiger charge is -2.19. The molecule has 7 heteroatoms. The van der Waals surface area contributed by atoms with Gasteiger partial charge in [-0.1, -0.05) is 6.07 Å². The average molecular weight is 307 g/mol. The molecule has 108 valence electrons. The minimum Gasteiger partial charge on any atom is -0.494 e. The predicted molar refractivity (Wildman–Crippen MR) is 79.1 cm³/mol. The third-order valence-corrected chi connectivity index (χ3v) is 3.71. The summed E-state index contributed by atoms with van der Waals surface area (Å²) >= 11 is 1.08. The van der Waals surface area contributed by atoms with Crippen LogP contribution in [-0.2, 0) is 0 Å². The Hall–Kier alpha value is -2.28. The van der Waals surface area contributed by atoms with Crippen LogP contribution in [0.5, 0.6) is 5.75 Å². The maximum atomic E-state index is 13.7. The monoisotopic (exact) mass is 307 g/mol. The quantitative estimate of drug-likeness (QED) is 0.831. The number of fused-ring (bicyclic) bond motifs is 1. The first-order valence-corrected chi connectivity index (χ1v) is 6.89. The zero-order valence-corrected chi connectivity index (χ0v) is 11.8. The molecule has 1 aliphatic heterocycles. The number of benzene rings is 2. The molecule has 4 nitrogen and oxygen atoms in total. The Morgan fingerprint density at radius 1 is 1.24 bits per heavy atom. The Morgan fingerprint density at radius 2 is 2.10 bits per heavy atom. The fraction of sp³-hybridized carbons (Fsp3) is 0.0714. The number of nitrogens with one attached hydrogen (secondary N) is 2. The Morgan fingerprint density at radius 3 is 2.86 bits per heavy atom. The molecule has 3 rings (SSSR count). The molecule has 0 aliphatic carbocycles. The third-order valence-electron chi connectivity index (χ3n) is 2.83. The van der Waals surface area contributed by atoms with E-state index in [1.165, 1.54) is 31.4 Å². The molecule has 1 heterocycles. The molecule has 0 spiro atoms. The van der Waals surface area contributed by atoms with Crippen LogP contribution in [0.15, 0.2) is 46.3 Å². The zero-order chi connectivity index (χ0) is 14.8. The Balaban J connectivity index is 1.94. The van der Waals surface area contributed by atoms with Gasteiger partial charge in [0.1, 0.15) is 23.1 Å². The van der Waals surface area contributed by atoms with Crippen LogP contribution in [0.25, 0.3) is 0 Å². The third kappa shape index (κ3) is 2.78. The van der Waals surface area contributed by atoms with Gasteiger partial charge in [0, 0.05) is 5.69 Å². The van der Waals surface area contributed by atoms with Gasteiger partial charge in [-0.2, -0.15) is 0 Å². The van der Waals surface area contributed by atoms with E-state index < -0.39 is 0 Å². The number of rotatable bonds is 2. The minimum atomic E-state index is -0.378. The van der Waals surface area contributed by atoms with Crippen LogP contribution < -0.4 is 14.8 Å². The first kappa shape index (κ1) is 13.7. The largest absolute Gasteiger partial charge is 0.494 e. The molecule has 0 saturated heterocycles. The van der Waals surface area contributed by atoms with Crippen LogP contribution >= 0.6 is 11.9 Å². The molecule has 2 N–H and O–H groups in total. The van der Waals surface area contributed by atoms with Gasteiger partial charge in [0.2, 0.25) is 5.96 Å². The van der Waals surface area contributed by atoms with Gasteiger partial charge in [0.05, 0.1) is 12.0 Å². The van der Waals surface area contributed by atoms with Gasteiger partial charge >= 0.3 is 0 Å². The van der Waals surface area contributed by atoms with Gasteiger partial charge in [-0.3, -0.25) is 4.72 Å². The molecule has 0 unspecified atom stereocenters. The maximum Gasteiger partial charge on any atom is 0.211 e. The average Bonchev–Trinajstić information content (AvgIpc) is 2.48.